The third-order valence-corrected chi connectivity index (χ3v) is 3.72. The van der Waals surface area contributed by atoms with Crippen LogP contribution >= 0.6 is 15.9 Å². The first kappa shape index (κ1) is 13.2. The smallest absolute Gasteiger partial charge is 0.134 e. The Morgan fingerprint density at radius 2 is 1.67 bits per heavy atom. The molecule has 0 radical (unpaired) electrons. The summed E-state index contributed by atoms with van der Waals surface area (Å²) in [6, 6.07) is 12.5. The van der Waals surface area contributed by atoms with Gasteiger partial charge in [-0.15, -0.1) is 0 Å². The van der Waals surface area contributed by atoms with Crippen molar-refractivity contribution in [1.82, 2.24) is 0 Å². The molecular weight excluding hydrogens is 288 g/mol. The molecule has 0 N–H and O–H groups in total. The average Bonchev–Trinajstić information content (AvgIpc) is 2.31. The van der Waals surface area contributed by atoms with Gasteiger partial charge in [-0.05, 0) is 71.1 Å². The van der Waals surface area contributed by atoms with Crippen LogP contribution in [0.3, 0.4) is 0 Å². The van der Waals surface area contributed by atoms with Crippen LogP contribution in [0.2, 0.25) is 0 Å². The van der Waals surface area contributed by atoms with Gasteiger partial charge >= 0.3 is 0 Å². The van der Waals surface area contributed by atoms with E-state index >= 15 is 0 Å². The Bertz CT molecular complexity index is 541. The van der Waals surface area contributed by atoms with Gasteiger partial charge in [0.15, 0.2) is 0 Å². The summed E-state index contributed by atoms with van der Waals surface area (Å²) in [5.74, 6) is 0.892. The molecule has 0 atom stereocenters. The Kier molecular flexibility index (Phi) is 4.07. The fourth-order valence-corrected chi connectivity index (χ4v) is 2.56. The van der Waals surface area contributed by atoms with Crippen LogP contribution in [-0.4, -0.2) is 0 Å². The van der Waals surface area contributed by atoms with Gasteiger partial charge < -0.3 is 4.74 Å². The summed E-state index contributed by atoms with van der Waals surface area (Å²) in [6.45, 7) is 6.92. The summed E-state index contributed by atoms with van der Waals surface area (Å²) in [5.41, 5.74) is 5.04. The van der Waals surface area contributed by atoms with Crippen molar-refractivity contribution in [1.29, 1.82) is 0 Å². The van der Waals surface area contributed by atoms with Crippen LogP contribution in [0.1, 0.15) is 22.3 Å². The number of hydrogen-bond donors (Lipinski definition) is 0. The molecule has 0 amide bonds. The Balaban J connectivity index is 2.16. The largest absolute Gasteiger partial charge is 0.488 e. The quantitative estimate of drug-likeness (QED) is 0.779. The van der Waals surface area contributed by atoms with E-state index in [1.165, 1.54) is 22.3 Å². The molecule has 0 spiro atoms. The maximum absolute atomic E-state index is 5.89. The molecule has 0 aliphatic carbocycles. The van der Waals surface area contributed by atoms with Crippen LogP contribution in [0.5, 0.6) is 5.75 Å². The minimum absolute atomic E-state index is 0.611. The lowest BCUT2D eigenvalue weighted by atomic mass is 10.0. The molecule has 0 aliphatic rings. The maximum atomic E-state index is 5.89. The highest BCUT2D eigenvalue weighted by molar-refractivity contribution is 9.10. The highest BCUT2D eigenvalue weighted by Gasteiger charge is 2.05. The first-order chi connectivity index (χ1) is 8.58. The van der Waals surface area contributed by atoms with E-state index in [2.05, 4.69) is 67.0 Å². The van der Waals surface area contributed by atoms with E-state index in [4.69, 9.17) is 4.74 Å². The first-order valence-electron chi connectivity index (χ1n) is 6.02. The van der Waals surface area contributed by atoms with Crippen LogP contribution in [0.15, 0.2) is 40.9 Å². The predicted octanol–water partition coefficient (Wildman–Crippen LogP) is 4.95. The Morgan fingerprint density at radius 1 is 1.00 bits per heavy atom. The van der Waals surface area contributed by atoms with Crippen LogP contribution in [0, 0.1) is 20.8 Å². The average molecular weight is 305 g/mol. The molecular formula is C16H17BrO. The number of ether oxygens (including phenoxy) is 1. The maximum Gasteiger partial charge on any atom is 0.134 e. The molecule has 18 heavy (non-hydrogen) atoms. The van der Waals surface area contributed by atoms with Gasteiger partial charge in [0.05, 0.1) is 4.47 Å². The van der Waals surface area contributed by atoms with E-state index in [1.54, 1.807) is 0 Å². The van der Waals surface area contributed by atoms with Crippen molar-refractivity contribution >= 4 is 15.9 Å². The van der Waals surface area contributed by atoms with E-state index in [9.17, 15) is 0 Å². The number of halogens is 1. The fourth-order valence-electron chi connectivity index (χ4n) is 1.95. The van der Waals surface area contributed by atoms with Crippen molar-refractivity contribution < 1.29 is 4.74 Å². The SMILES string of the molecule is Cc1ccc(OCc2c(C)cccc2C)c(Br)c1. The molecule has 2 heteroatoms. The molecule has 94 valence electrons. The Hall–Kier alpha value is -1.28. The summed E-state index contributed by atoms with van der Waals surface area (Å²) in [4.78, 5) is 0. The molecule has 0 unspecified atom stereocenters. The van der Waals surface area contributed by atoms with Crippen molar-refractivity contribution in [2.24, 2.45) is 0 Å². The number of rotatable bonds is 3. The van der Waals surface area contributed by atoms with Gasteiger partial charge in [0, 0.05) is 0 Å². The van der Waals surface area contributed by atoms with E-state index in [-0.39, 0.29) is 0 Å². The molecule has 0 aliphatic heterocycles. The summed E-state index contributed by atoms with van der Waals surface area (Å²) in [7, 11) is 0. The van der Waals surface area contributed by atoms with Crippen molar-refractivity contribution in [3.63, 3.8) is 0 Å². The third kappa shape index (κ3) is 2.94. The highest BCUT2D eigenvalue weighted by Crippen LogP contribution is 2.27. The number of benzene rings is 2. The second-order valence-electron chi connectivity index (χ2n) is 4.59. The zero-order valence-corrected chi connectivity index (χ0v) is 12.5. The van der Waals surface area contributed by atoms with Crippen molar-refractivity contribution in [2.75, 3.05) is 0 Å². The topological polar surface area (TPSA) is 9.23 Å². The predicted molar refractivity (Wildman–Crippen MR) is 79.1 cm³/mol. The second-order valence-corrected chi connectivity index (χ2v) is 5.45. The number of aryl methyl sites for hydroxylation is 3. The summed E-state index contributed by atoms with van der Waals surface area (Å²) < 4.78 is 6.90. The van der Waals surface area contributed by atoms with E-state index in [0.717, 1.165) is 10.2 Å². The van der Waals surface area contributed by atoms with E-state index in [0.29, 0.717) is 6.61 Å². The summed E-state index contributed by atoms with van der Waals surface area (Å²) >= 11 is 3.53. The van der Waals surface area contributed by atoms with Crippen LogP contribution in [0.25, 0.3) is 0 Å². The molecule has 0 aromatic heterocycles. The molecule has 2 aromatic carbocycles. The van der Waals surface area contributed by atoms with E-state index in [1.807, 2.05) is 6.07 Å². The molecule has 0 saturated heterocycles. The zero-order valence-electron chi connectivity index (χ0n) is 11.0. The Morgan fingerprint density at radius 3 is 2.28 bits per heavy atom. The molecule has 1 nitrogen and oxygen atoms in total. The van der Waals surface area contributed by atoms with Gasteiger partial charge in [0.1, 0.15) is 12.4 Å². The molecule has 0 saturated carbocycles. The highest BCUT2D eigenvalue weighted by atomic mass is 79.9. The standard InChI is InChI=1S/C16H17BrO/c1-11-7-8-16(15(17)9-11)18-10-14-12(2)5-4-6-13(14)3/h4-9H,10H2,1-3H3. The van der Waals surface area contributed by atoms with Crippen molar-refractivity contribution in [2.45, 2.75) is 27.4 Å². The van der Waals surface area contributed by atoms with Gasteiger partial charge in [0.25, 0.3) is 0 Å². The van der Waals surface area contributed by atoms with Crippen LogP contribution < -0.4 is 4.74 Å². The monoisotopic (exact) mass is 304 g/mol. The van der Waals surface area contributed by atoms with Crippen LogP contribution in [-0.2, 0) is 6.61 Å². The minimum Gasteiger partial charge on any atom is -0.488 e. The zero-order chi connectivity index (χ0) is 13.1. The lowest BCUT2D eigenvalue weighted by molar-refractivity contribution is 0.302. The lowest BCUT2D eigenvalue weighted by Gasteiger charge is -2.12. The van der Waals surface area contributed by atoms with Crippen LogP contribution in [0.4, 0.5) is 0 Å². The summed E-state index contributed by atoms with van der Waals surface area (Å²) in [5, 5.41) is 0. The van der Waals surface area contributed by atoms with Gasteiger partial charge in [-0.25, -0.2) is 0 Å². The molecule has 0 bridgehead atoms. The van der Waals surface area contributed by atoms with Crippen molar-refractivity contribution in [3.05, 3.63) is 63.1 Å². The van der Waals surface area contributed by atoms with Gasteiger partial charge in [-0.3, -0.25) is 0 Å². The second kappa shape index (κ2) is 5.57. The third-order valence-electron chi connectivity index (χ3n) is 3.10. The van der Waals surface area contributed by atoms with Gasteiger partial charge in [0.2, 0.25) is 0 Å². The molecule has 0 heterocycles. The van der Waals surface area contributed by atoms with Gasteiger partial charge in [-0.2, -0.15) is 0 Å². The minimum atomic E-state index is 0.611. The van der Waals surface area contributed by atoms with Gasteiger partial charge in [-0.1, -0.05) is 24.3 Å². The van der Waals surface area contributed by atoms with E-state index < -0.39 is 0 Å². The summed E-state index contributed by atoms with van der Waals surface area (Å²) in [6.07, 6.45) is 0. The molecule has 2 aromatic rings. The fraction of sp³-hybridized carbons (Fsp3) is 0.250. The lowest BCUT2D eigenvalue weighted by Crippen LogP contribution is -2.01. The molecule has 0 fully saturated rings. The van der Waals surface area contributed by atoms with Crippen molar-refractivity contribution in [3.8, 4) is 5.75 Å². The first-order valence-corrected chi connectivity index (χ1v) is 6.81. The Labute approximate surface area is 117 Å². The molecule has 2 rings (SSSR count). The normalized spacial score (nSPS) is 10.4. The number of hydrogen-bond acceptors (Lipinski definition) is 1.